The highest BCUT2D eigenvalue weighted by Gasteiger charge is 2.28. The highest BCUT2D eigenvalue weighted by Crippen LogP contribution is 2.33. The molecule has 0 aliphatic heterocycles. The molecular formula is C15H15BrFN. The van der Waals surface area contributed by atoms with Crippen molar-refractivity contribution < 1.29 is 4.39 Å². The smallest absolute Gasteiger partial charge is 0.128 e. The van der Waals surface area contributed by atoms with Crippen molar-refractivity contribution in [2.75, 3.05) is 0 Å². The lowest BCUT2D eigenvalue weighted by Crippen LogP contribution is -2.35. The predicted octanol–water partition coefficient (Wildman–Crippen LogP) is 4.12. The maximum atomic E-state index is 14.0. The lowest BCUT2D eigenvalue weighted by atomic mass is 9.84. The first-order valence-electron chi connectivity index (χ1n) is 5.73. The van der Waals surface area contributed by atoms with Gasteiger partial charge in [-0.2, -0.15) is 0 Å². The molecule has 3 heteroatoms. The van der Waals surface area contributed by atoms with Crippen LogP contribution in [-0.4, -0.2) is 0 Å². The molecule has 0 aliphatic carbocycles. The quantitative estimate of drug-likeness (QED) is 0.887. The topological polar surface area (TPSA) is 26.0 Å². The third kappa shape index (κ3) is 2.33. The number of hydrogen-bond donors (Lipinski definition) is 1. The Balaban J connectivity index is 2.61. The SMILES string of the molecule is Cc1ccc(F)c(C(C)(N)c2ccccc2Br)c1. The van der Waals surface area contributed by atoms with E-state index in [4.69, 9.17) is 5.73 Å². The second-order valence-electron chi connectivity index (χ2n) is 4.67. The number of halogens is 2. The van der Waals surface area contributed by atoms with Gasteiger partial charge >= 0.3 is 0 Å². The fourth-order valence-electron chi connectivity index (χ4n) is 2.06. The van der Waals surface area contributed by atoms with Gasteiger partial charge in [0.1, 0.15) is 5.82 Å². The van der Waals surface area contributed by atoms with Gasteiger partial charge in [0.05, 0.1) is 5.54 Å². The van der Waals surface area contributed by atoms with E-state index in [1.54, 1.807) is 12.1 Å². The van der Waals surface area contributed by atoms with Gasteiger partial charge < -0.3 is 5.73 Å². The van der Waals surface area contributed by atoms with Crippen molar-refractivity contribution in [2.45, 2.75) is 19.4 Å². The van der Waals surface area contributed by atoms with Crippen molar-refractivity contribution in [3.63, 3.8) is 0 Å². The molecule has 2 aromatic carbocycles. The minimum atomic E-state index is -0.865. The Morgan fingerprint density at radius 3 is 2.44 bits per heavy atom. The summed E-state index contributed by atoms with van der Waals surface area (Å²) in [6.07, 6.45) is 0. The standard InChI is InChI=1S/C15H15BrFN/c1-10-7-8-14(17)12(9-10)15(2,18)11-5-3-4-6-13(11)16/h3-9H,18H2,1-2H3. The summed E-state index contributed by atoms with van der Waals surface area (Å²) in [5, 5.41) is 0. The lowest BCUT2D eigenvalue weighted by molar-refractivity contribution is 0.528. The van der Waals surface area contributed by atoms with Crippen molar-refractivity contribution in [3.05, 3.63) is 69.4 Å². The van der Waals surface area contributed by atoms with E-state index in [0.717, 1.165) is 15.6 Å². The molecule has 1 nitrogen and oxygen atoms in total. The van der Waals surface area contributed by atoms with Gasteiger partial charge in [-0.1, -0.05) is 51.8 Å². The van der Waals surface area contributed by atoms with Crippen LogP contribution in [0.2, 0.25) is 0 Å². The van der Waals surface area contributed by atoms with Crippen molar-refractivity contribution in [1.29, 1.82) is 0 Å². The second kappa shape index (κ2) is 4.82. The Labute approximate surface area is 115 Å². The van der Waals surface area contributed by atoms with Crippen LogP contribution in [0.1, 0.15) is 23.6 Å². The van der Waals surface area contributed by atoms with E-state index >= 15 is 0 Å². The summed E-state index contributed by atoms with van der Waals surface area (Å²) in [6, 6.07) is 12.6. The minimum absolute atomic E-state index is 0.277. The molecule has 0 bridgehead atoms. The van der Waals surface area contributed by atoms with Crippen LogP contribution in [-0.2, 0) is 5.54 Å². The van der Waals surface area contributed by atoms with Crippen LogP contribution in [0, 0.1) is 12.7 Å². The molecule has 1 atom stereocenters. The molecule has 0 radical (unpaired) electrons. The number of aryl methyl sites for hydroxylation is 1. The number of rotatable bonds is 2. The van der Waals surface area contributed by atoms with Crippen molar-refractivity contribution in [1.82, 2.24) is 0 Å². The van der Waals surface area contributed by atoms with E-state index in [9.17, 15) is 4.39 Å². The first-order chi connectivity index (χ1) is 8.43. The van der Waals surface area contributed by atoms with Crippen LogP contribution in [0.4, 0.5) is 4.39 Å². The zero-order valence-electron chi connectivity index (χ0n) is 10.4. The summed E-state index contributed by atoms with van der Waals surface area (Å²) in [5.74, 6) is -0.277. The van der Waals surface area contributed by atoms with Gasteiger partial charge in [-0.3, -0.25) is 0 Å². The van der Waals surface area contributed by atoms with E-state index in [2.05, 4.69) is 15.9 Å². The Bertz CT molecular complexity index is 578. The van der Waals surface area contributed by atoms with Gasteiger partial charge in [-0.25, -0.2) is 4.39 Å². The summed E-state index contributed by atoms with van der Waals surface area (Å²) in [6.45, 7) is 3.75. The predicted molar refractivity (Wildman–Crippen MR) is 75.9 cm³/mol. The maximum Gasteiger partial charge on any atom is 0.128 e. The van der Waals surface area contributed by atoms with Crippen LogP contribution in [0.5, 0.6) is 0 Å². The maximum absolute atomic E-state index is 14.0. The largest absolute Gasteiger partial charge is 0.318 e. The Morgan fingerprint density at radius 2 is 1.78 bits per heavy atom. The summed E-state index contributed by atoms with van der Waals surface area (Å²) >= 11 is 3.47. The second-order valence-corrected chi connectivity index (χ2v) is 5.52. The highest BCUT2D eigenvalue weighted by atomic mass is 79.9. The molecule has 0 heterocycles. The lowest BCUT2D eigenvalue weighted by Gasteiger charge is -2.27. The summed E-state index contributed by atoms with van der Waals surface area (Å²) < 4.78 is 14.9. The molecule has 0 saturated heterocycles. The monoisotopic (exact) mass is 307 g/mol. The first-order valence-corrected chi connectivity index (χ1v) is 6.53. The first kappa shape index (κ1) is 13.2. The molecular weight excluding hydrogens is 293 g/mol. The molecule has 1 unspecified atom stereocenters. The van der Waals surface area contributed by atoms with E-state index in [0.29, 0.717) is 5.56 Å². The number of benzene rings is 2. The summed E-state index contributed by atoms with van der Waals surface area (Å²) in [7, 11) is 0. The van der Waals surface area contributed by atoms with Gasteiger partial charge in [0.2, 0.25) is 0 Å². The third-order valence-electron chi connectivity index (χ3n) is 3.11. The Hall–Kier alpha value is -1.19. The molecule has 18 heavy (non-hydrogen) atoms. The Morgan fingerprint density at radius 1 is 1.11 bits per heavy atom. The van der Waals surface area contributed by atoms with E-state index in [1.807, 2.05) is 38.1 Å². The molecule has 0 spiro atoms. The van der Waals surface area contributed by atoms with E-state index in [-0.39, 0.29) is 5.82 Å². The van der Waals surface area contributed by atoms with Crippen molar-refractivity contribution >= 4 is 15.9 Å². The molecule has 0 saturated carbocycles. The van der Waals surface area contributed by atoms with Crippen LogP contribution in [0.15, 0.2) is 46.9 Å². The molecule has 2 rings (SSSR count). The number of nitrogens with two attached hydrogens (primary N) is 1. The zero-order valence-corrected chi connectivity index (χ0v) is 12.0. The third-order valence-corrected chi connectivity index (χ3v) is 3.81. The molecule has 0 fully saturated rings. The molecule has 2 aromatic rings. The van der Waals surface area contributed by atoms with Crippen LogP contribution >= 0.6 is 15.9 Å². The minimum Gasteiger partial charge on any atom is -0.318 e. The van der Waals surface area contributed by atoms with Gasteiger partial charge in [-0.05, 0) is 31.5 Å². The van der Waals surface area contributed by atoms with Gasteiger partial charge in [0.25, 0.3) is 0 Å². The average molecular weight is 308 g/mol. The Kier molecular flexibility index (Phi) is 3.55. The van der Waals surface area contributed by atoms with Crippen molar-refractivity contribution in [2.24, 2.45) is 5.73 Å². The average Bonchev–Trinajstić information content (AvgIpc) is 2.32. The van der Waals surface area contributed by atoms with Gasteiger partial charge in [-0.15, -0.1) is 0 Å². The fraction of sp³-hybridized carbons (Fsp3) is 0.200. The summed E-state index contributed by atoms with van der Waals surface area (Å²) in [4.78, 5) is 0. The van der Waals surface area contributed by atoms with Crippen LogP contribution in [0.25, 0.3) is 0 Å². The normalized spacial score (nSPS) is 14.3. The van der Waals surface area contributed by atoms with Crippen LogP contribution in [0.3, 0.4) is 0 Å². The molecule has 0 aromatic heterocycles. The highest BCUT2D eigenvalue weighted by molar-refractivity contribution is 9.10. The van der Waals surface area contributed by atoms with Gasteiger partial charge in [0, 0.05) is 10.0 Å². The van der Waals surface area contributed by atoms with E-state index in [1.165, 1.54) is 6.07 Å². The van der Waals surface area contributed by atoms with Crippen molar-refractivity contribution in [3.8, 4) is 0 Å². The zero-order chi connectivity index (χ0) is 13.3. The molecule has 0 amide bonds. The molecule has 94 valence electrons. The fourth-order valence-corrected chi connectivity index (χ4v) is 2.76. The molecule has 0 aliphatic rings. The van der Waals surface area contributed by atoms with E-state index < -0.39 is 5.54 Å². The number of hydrogen-bond acceptors (Lipinski definition) is 1. The van der Waals surface area contributed by atoms with Crippen LogP contribution < -0.4 is 5.73 Å². The van der Waals surface area contributed by atoms with Gasteiger partial charge in [0.15, 0.2) is 0 Å². The summed E-state index contributed by atoms with van der Waals surface area (Å²) in [5.41, 5.74) is 7.87. The molecule has 2 N–H and O–H groups in total.